The number of ether oxygens (including phenoxy) is 1. The van der Waals surface area contributed by atoms with Crippen LogP contribution in [0.1, 0.15) is 79.5 Å². The predicted molar refractivity (Wildman–Crippen MR) is 132 cm³/mol. The van der Waals surface area contributed by atoms with Crippen LogP contribution in [0.25, 0.3) is 21.3 Å². The van der Waals surface area contributed by atoms with Gasteiger partial charge in [-0.2, -0.15) is 0 Å². The van der Waals surface area contributed by atoms with Crippen molar-refractivity contribution in [3.8, 4) is 11.1 Å². The van der Waals surface area contributed by atoms with Crippen LogP contribution >= 0.6 is 11.3 Å². The van der Waals surface area contributed by atoms with Crippen LogP contribution in [0.2, 0.25) is 0 Å². The molecule has 166 valence electrons. The summed E-state index contributed by atoms with van der Waals surface area (Å²) in [4.78, 5) is 25.0. The second-order valence-corrected chi connectivity index (χ2v) is 11.1. The van der Waals surface area contributed by atoms with Crippen LogP contribution in [0, 0.1) is 6.92 Å². The van der Waals surface area contributed by atoms with Gasteiger partial charge in [-0.05, 0) is 88.6 Å². The van der Waals surface area contributed by atoms with Crippen LogP contribution in [-0.2, 0) is 28.9 Å². The summed E-state index contributed by atoms with van der Waals surface area (Å²) in [7, 11) is 0. The number of carbonyl (C=O) groups excluding carboxylic acids is 1. The number of aromatic nitrogens is 1. The molecule has 1 unspecified atom stereocenters. The highest BCUT2D eigenvalue weighted by molar-refractivity contribution is 7.19. The van der Waals surface area contributed by atoms with Gasteiger partial charge in [0.05, 0.1) is 12.1 Å². The Kier molecular flexibility index (Phi) is 5.30. The molecule has 5 rings (SSSR count). The maximum absolute atomic E-state index is 12.9. The van der Waals surface area contributed by atoms with Crippen LogP contribution < -0.4 is 0 Å². The minimum Gasteiger partial charge on any atom is -0.360 e. The molecule has 1 aliphatic carbocycles. The van der Waals surface area contributed by atoms with Crippen LogP contribution in [0.3, 0.4) is 0 Å². The Hall–Kier alpha value is -2.37. The molecule has 1 aliphatic heterocycles. The molecule has 2 aliphatic rings. The molecule has 4 nitrogen and oxygen atoms in total. The Labute approximate surface area is 193 Å². The summed E-state index contributed by atoms with van der Waals surface area (Å²) < 4.78 is 6.38. The van der Waals surface area contributed by atoms with Crippen molar-refractivity contribution in [2.75, 3.05) is 0 Å². The molecule has 2 aromatic heterocycles. The maximum Gasteiger partial charge on any atom is 0.163 e. The zero-order valence-electron chi connectivity index (χ0n) is 19.5. The van der Waals surface area contributed by atoms with Crippen molar-refractivity contribution in [3.05, 3.63) is 51.0 Å². The summed E-state index contributed by atoms with van der Waals surface area (Å²) >= 11 is 1.83. The summed E-state index contributed by atoms with van der Waals surface area (Å²) in [5, 5.41) is 1.23. The van der Waals surface area contributed by atoms with Crippen LogP contribution in [0.15, 0.2) is 23.2 Å². The van der Waals surface area contributed by atoms with Gasteiger partial charge in [0.25, 0.3) is 0 Å². The predicted octanol–water partition coefficient (Wildman–Crippen LogP) is 6.53. The first-order valence-corrected chi connectivity index (χ1v) is 12.3. The molecule has 1 aromatic carbocycles. The van der Waals surface area contributed by atoms with E-state index in [2.05, 4.69) is 23.2 Å². The average Bonchev–Trinajstić information content (AvgIpc) is 3.33. The molecule has 3 aromatic rings. The smallest absolute Gasteiger partial charge is 0.163 e. The monoisotopic (exact) mass is 446 g/mol. The van der Waals surface area contributed by atoms with Crippen molar-refractivity contribution in [1.29, 1.82) is 0 Å². The van der Waals surface area contributed by atoms with Crippen molar-refractivity contribution in [1.82, 2.24) is 4.98 Å². The van der Waals surface area contributed by atoms with E-state index in [-0.39, 0.29) is 5.78 Å². The van der Waals surface area contributed by atoms with Gasteiger partial charge < -0.3 is 4.74 Å². The van der Waals surface area contributed by atoms with Crippen LogP contribution in [0.5, 0.6) is 0 Å². The third kappa shape index (κ3) is 3.71. The number of aliphatic imine (C=N–C) groups is 1. The average molecular weight is 447 g/mol. The molecular formula is C27H30N2O2S. The number of rotatable bonds is 4. The molecule has 5 heteroatoms. The lowest BCUT2D eigenvalue weighted by molar-refractivity contribution is -0.138. The van der Waals surface area contributed by atoms with Crippen molar-refractivity contribution in [2.24, 2.45) is 4.99 Å². The zero-order valence-corrected chi connectivity index (χ0v) is 20.4. The Balaban J connectivity index is 1.85. The lowest BCUT2D eigenvalue weighted by Crippen LogP contribution is -2.27. The number of fused-ring (bicyclic) bond motifs is 4. The summed E-state index contributed by atoms with van der Waals surface area (Å²) in [5.41, 5.74) is 7.43. The number of nitrogens with zero attached hydrogens (tertiary/aromatic N) is 2. The zero-order chi connectivity index (χ0) is 22.6. The van der Waals surface area contributed by atoms with E-state index in [0.29, 0.717) is 0 Å². The first-order valence-electron chi connectivity index (χ1n) is 11.5. The molecule has 1 atom stereocenters. The van der Waals surface area contributed by atoms with Crippen molar-refractivity contribution >= 4 is 33.6 Å². The molecule has 0 bridgehead atoms. The quantitative estimate of drug-likeness (QED) is 0.458. The first-order chi connectivity index (χ1) is 15.2. The highest BCUT2D eigenvalue weighted by Gasteiger charge is 2.32. The van der Waals surface area contributed by atoms with Crippen molar-refractivity contribution in [2.45, 2.75) is 78.6 Å². The topological polar surface area (TPSA) is 51.5 Å². The SMILES string of the molecule is CC(=O)C(OC(C)(C)C)c1c(C)nc2sc3c(c2c1-c1ccc2c(c1)C=NC2)CCCC3. The third-order valence-corrected chi connectivity index (χ3v) is 7.55. The van der Waals surface area contributed by atoms with E-state index in [9.17, 15) is 4.79 Å². The van der Waals surface area contributed by atoms with Gasteiger partial charge in [0.2, 0.25) is 0 Å². The summed E-state index contributed by atoms with van der Waals surface area (Å²) in [6, 6.07) is 6.59. The highest BCUT2D eigenvalue weighted by atomic mass is 32.1. The number of ketones is 1. The molecule has 0 radical (unpaired) electrons. The van der Waals surface area contributed by atoms with Crippen molar-refractivity contribution in [3.63, 3.8) is 0 Å². The van der Waals surface area contributed by atoms with Gasteiger partial charge in [-0.25, -0.2) is 4.98 Å². The van der Waals surface area contributed by atoms with E-state index in [1.165, 1.54) is 34.2 Å². The number of hydrogen-bond donors (Lipinski definition) is 0. The van der Waals surface area contributed by atoms with E-state index in [0.717, 1.165) is 52.2 Å². The fraction of sp³-hybridized carbons (Fsp3) is 0.444. The van der Waals surface area contributed by atoms with Gasteiger partial charge in [0.1, 0.15) is 10.9 Å². The van der Waals surface area contributed by atoms with E-state index >= 15 is 0 Å². The lowest BCUT2D eigenvalue weighted by atomic mass is 9.86. The van der Waals surface area contributed by atoms with Gasteiger partial charge in [-0.15, -0.1) is 11.3 Å². The van der Waals surface area contributed by atoms with Gasteiger partial charge in [-0.3, -0.25) is 9.79 Å². The fourth-order valence-corrected chi connectivity index (χ4v) is 6.31. The fourth-order valence-electron chi connectivity index (χ4n) is 4.99. The number of carbonyl (C=O) groups is 1. The Morgan fingerprint density at radius 1 is 1.19 bits per heavy atom. The van der Waals surface area contributed by atoms with E-state index in [1.807, 2.05) is 45.2 Å². The van der Waals surface area contributed by atoms with Crippen LogP contribution in [0.4, 0.5) is 0 Å². The third-order valence-electron chi connectivity index (χ3n) is 6.36. The number of pyridine rings is 1. The highest BCUT2D eigenvalue weighted by Crippen LogP contribution is 2.46. The molecule has 0 saturated heterocycles. The summed E-state index contributed by atoms with van der Waals surface area (Å²) in [5.74, 6) is 0.0113. The molecule has 0 spiro atoms. The summed E-state index contributed by atoms with van der Waals surface area (Å²) in [6.07, 6.45) is 5.94. The molecule has 0 fully saturated rings. The van der Waals surface area contributed by atoms with E-state index in [4.69, 9.17) is 9.72 Å². The molecule has 0 N–H and O–H groups in total. The second-order valence-electron chi connectivity index (χ2n) is 9.98. The minimum atomic E-state index is -0.650. The number of hydrogen-bond acceptors (Lipinski definition) is 5. The Morgan fingerprint density at radius 2 is 1.97 bits per heavy atom. The molecular weight excluding hydrogens is 416 g/mol. The van der Waals surface area contributed by atoms with Gasteiger partial charge in [0.15, 0.2) is 5.78 Å². The van der Waals surface area contributed by atoms with Gasteiger partial charge in [0, 0.05) is 33.3 Å². The number of Topliss-reactive ketones (excluding diaryl/α,β-unsaturated/α-hetero) is 1. The standard InChI is InChI=1S/C27H30N2O2S/c1-15-22(25(16(2)30)31-27(3,4)5)23(17-10-11-18-13-28-14-19(18)12-17)24-20-8-6-7-9-21(20)32-26(24)29-15/h10-12,14,25H,6-9,13H2,1-5H3. The van der Waals surface area contributed by atoms with Crippen LogP contribution in [-0.4, -0.2) is 22.6 Å². The number of thiophene rings is 1. The largest absolute Gasteiger partial charge is 0.360 e. The molecule has 0 saturated carbocycles. The minimum absolute atomic E-state index is 0.0113. The molecule has 3 heterocycles. The summed E-state index contributed by atoms with van der Waals surface area (Å²) in [6.45, 7) is 10.4. The first kappa shape index (κ1) is 21.5. The van der Waals surface area contributed by atoms with E-state index in [1.54, 1.807) is 6.92 Å². The Morgan fingerprint density at radius 3 is 2.72 bits per heavy atom. The molecule has 0 amide bonds. The number of aryl methyl sites for hydroxylation is 3. The van der Waals surface area contributed by atoms with Gasteiger partial charge in [-0.1, -0.05) is 12.1 Å². The van der Waals surface area contributed by atoms with Gasteiger partial charge >= 0.3 is 0 Å². The lowest BCUT2D eigenvalue weighted by Gasteiger charge is -2.29. The maximum atomic E-state index is 12.9. The van der Waals surface area contributed by atoms with E-state index < -0.39 is 11.7 Å². The second kappa shape index (κ2) is 7.89. The normalized spacial score (nSPS) is 16.3. The number of benzene rings is 1. The Bertz CT molecular complexity index is 1260. The van der Waals surface area contributed by atoms with Crippen molar-refractivity contribution < 1.29 is 9.53 Å². The molecule has 32 heavy (non-hydrogen) atoms.